The normalized spacial score (nSPS) is 18.7. The molecule has 1 aliphatic heterocycles. The van der Waals surface area contributed by atoms with Gasteiger partial charge in [0.1, 0.15) is 42.2 Å². The number of aromatic nitrogens is 1. The minimum Gasteiger partial charge on any atom is -0.467 e. The molecule has 1 aliphatic rings. The average Bonchev–Trinajstić information content (AvgIpc) is 3.71. The van der Waals surface area contributed by atoms with E-state index in [1.54, 1.807) is 63.2 Å². The Morgan fingerprint density at radius 1 is 0.620 bits per heavy atom. The van der Waals surface area contributed by atoms with Crippen LogP contribution in [-0.4, -0.2) is 74.2 Å². The van der Waals surface area contributed by atoms with Crippen LogP contribution in [0.1, 0.15) is 60.4 Å². The molecule has 370 valence electrons. The number of nitrogens with zero attached hydrogens (tertiary/aromatic N) is 1. The minimum atomic E-state index is -4.48. The maximum atomic E-state index is 15.6. The maximum absolute atomic E-state index is 15.6. The molecule has 0 spiro atoms. The van der Waals surface area contributed by atoms with Crippen LogP contribution in [0.15, 0.2) is 181 Å². The standard InChI is InChI=1S/C57H60N2O11S/c1-57(2,3)70-56(61)58-47(55(60)64-4)34-46-45-32-20-21-33-48(45)59(71(62,63)44-30-18-9-19-31-44)50(46)52-54(68-38-43-28-16-8-17-29-43)53(67-37-42-26-14-7-15-27-42)51(66-36-41-24-12-6-13-25-41)49(69-52)39-65-35-40-22-10-5-11-23-40/h5-33,47,49,51-54H,34-39H2,1-4H3,(H,58,61)/t47-,49+,51+,52+,53-,54+/m0/s1. The van der Waals surface area contributed by atoms with E-state index in [0.717, 1.165) is 22.3 Å². The fraction of sp³-hybridized carbons (Fsp3) is 0.298. The Hall–Kier alpha value is -6.65. The number of hydrogen-bond acceptors (Lipinski definition) is 11. The highest BCUT2D eigenvalue weighted by atomic mass is 32.2. The highest BCUT2D eigenvalue weighted by Crippen LogP contribution is 2.44. The number of fused-ring (bicyclic) bond motifs is 1. The van der Waals surface area contributed by atoms with Crippen LogP contribution >= 0.6 is 0 Å². The molecule has 2 heterocycles. The van der Waals surface area contributed by atoms with Crippen molar-refractivity contribution >= 4 is 33.0 Å². The molecule has 0 radical (unpaired) electrons. The summed E-state index contributed by atoms with van der Waals surface area (Å²) in [5.41, 5.74) is 3.49. The Balaban J connectivity index is 1.35. The van der Waals surface area contributed by atoms with E-state index >= 15 is 8.42 Å². The molecule has 13 nitrogen and oxygen atoms in total. The summed E-state index contributed by atoms with van der Waals surface area (Å²) >= 11 is 0. The molecular formula is C57H60N2O11S. The third kappa shape index (κ3) is 12.8. The van der Waals surface area contributed by atoms with Gasteiger partial charge in [-0.05, 0) is 66.8 Å². The number of benzene rings is 6. The van der Waals surface area contributed by atoms with Crippen molar-refractivity contribution in [1.29, 1.82) is 0 Å². The molecule has 6 atom stereocenters. The highest BCUT2D eigenvalue weighted by Gasteiger charge is 2.52. The summed E-state index contributed by atoms with van der Waals surface area (Å²) in [6.07, 6.45) is -6.16. The largest absolute Gasteiger partial charge is 0.467 e. The molecular weight excluding hydrogens is 921 g/mol. The molecule has 1 aromatic heterocycles. The summed E-state index contributed by atoms with van der Waals surface area (Å²) in [4.78, 5) is 27.4. The average molecular weight is 981 g/mol. The van der Waals surface area contributed by atoms with E-state index in [0.29, 0.717) is 16.5 Å². The summed E-state index contributed by atoms with van der Waals surface area (Å²) in [6.45, 7) is 5.75. The van der Waals surface area contributed by atoms with Gasteiger partial charge in [0.05, 0.1) is 56.3 Å². The third-order valence-corrected chi connectivity index (χ3v) is 13.7. The molecule has 1 amide bonds. The van der Waals surface area contributed by atoms with Crippen molar-refractivity contribution < 1.29 is 51.2 Å². The number of hydrogen-bond donors (Lipinski definition) is 1. The smallest absolute Gasteiger partial charge is 0.408 e. The molecule has 0 bridgehead atoms. The summed E-state index contributed by atoms with van der Waals surface area (Å²) in [5.74, 6) is -0.781. The Morgan fingerprint density at radius 2 is 1.08 bits per heavy atom. The zero-order valence-corrected chi connectivity index (χ0v) is 41.1. The summed E-state index contributed by atoms with van der Waals surface area (Å²) in [6, 6.07) is 52.6. The van der Waals surface area contributed by atoms with Crippen LogP contribution in [0.2, 0.25) is 0 Å². The van der Waals surface area contributed by atoms with E-state index in [2.05, 4.69) is 5.32 Å². The van der Waals surface area contributed by atoms with E-state index in [9.17, 15) is 9.59 Å². The molecule has 1 saturated heterocycles. The van der Waals surface area contributed by atoms with Crippen LogP contribution in [0.5, 0.6) is 0 Å². The monoisotopic (exact) mass is 980 g/mol. The van der Waals surface area contributed by atoms with Crippen molar-refractivity contribution in [3.05, 3.63) is 209 Å². The number of para-hydroxylation sites is 1. The van der Waals surface area contributed by atoms with Crippen molar-refractivity contribution in [3.63, 3.8) is 0 Å². The number of alkyl carbamates (subject to hydrolysis) is 1. The number of esters is 1. The number of carbonyl (C=O) groups excluding carboxylic acids is 2. The molecule has 6 aromatic carbocycles. The highest BCUT2D eigenvalue weighted by molar-refractivity contribution is 7.90. The number of rotatable bonds is 20. The van der Waals surface area contributed by atoms with Crippen LogP contribution in [0.3, 0.4) is 0 Å². The van der Waals surface area contributed by atoms with Crippen molar-refractivity contribution in [2.24, 2.45) is 0 Å². The van der Waals surface area contributed by atoms with E-state index in [1.807, 2.05) is 121 Å². The van der Waals surface area contributed by atoms with Crippen LogP contribution in [0, 0.1) is 0 Å². The van der Waals surface area contributed by atoms with Gasteiger partial charge >= 0.3 is 12.1 Å². The third-order valence-electron chi connectivity index (χ3n) is 12.0. The second-order valence-electron chi connectivity index (χ2n) is 18.3. The van der Waals surface area contributed by atoms with Crippen molar-refractivity contribution in [1.82, 2.24) is 9.29 Å². The zero-order valence-electron chi connectivity index (χ0n) is 40.3. The number of carbonyl (C=O) groups is 2. The van der Waals surface area contributed by atoms with Crippen molar-refractivity contribution in [2.45, 2.75) is 101 Å². The van der Waals surface area contributed by atoms with Gasteiger partial charge in [-0.15, -0.1) is 0 Å². The molecule has 7 aromatic rings. The van der Waals surface area contributed by atoms with Crippen LogP contribution < -0.4 is 5.32 Å². The lowest BCUT2D eigenvalue weighted by atomic mass is 9.89. The van der Waals surface area contributed by atoms with Gasteiger partial charge in [-0.2, -0.15) is 0 Å². The first-order valence-electron chi connectivity index (χ1n) is 23.6. The molecule has 71 heavy (non-hydrogen) atoms. The Labute approximate surface area is 415 Å². The lowest BCUT2D eigenvalue weighted by Crippen LogP contribution is -2.58. The SMILES string of the molecule is COC(=O)[C@H](Cc1c([C@H]2O[C@H](COCc3ccccc3)[C@@H](OCc3ccccc3)[C@H](OCc3ccccc3)[C@@H]2OCc2ccccc2)n(S(=O)(=O)c2ccccc2)c2ccccc12)NC(=O)OC(C)(C)C. The van der Waals surface area contributed by atoms with E-state index in [1.165, 1.54) is 23.2 Å². The van der Waals surface area contributed by atoms with E-state index in [-0.39, 0.29) is 50.0 Å². The fourth-order valence-electron chi connectivity index (χ4n) is 8.75. The molecule has 0 unspecified atom stereocenters. The number of ether oxygens (including phenoxy) is 7. The Morgan fingerprint density at radius 3 is 1.61 bits per heavy atom. The molecule has 8 rings (SSSR count). The molecule has 1 fully saturated rings. The number of methoxy groups -OCH3 is 1. The molecule has 0 saturated carbocycles. The Kier molecular flexibility index (Phi) is 16.8. The first-order chi connectivity index (χ1) is 34.4. The van der Waals surface area contributed by atoms with Crippen molar-refractivity contribution in [3.8, 4) is 0 Å². The van der Waals surface area contributed by atoms with E-state index in [4.69, 9.17) is 33.2 Å². The first kappa shape index (κ1) is 50.7. The maximum Gasteiger partial charge on any atom is 0.408 e. The van der Waals surface area contributed by atoms with Gasteiger partial charge in [-0.1, -0.05) is 158 Å². The topological polar surface area (TPSA) is 150 Å². The van der Waals surface area contributed by atoms with Gasteiger partial charge in [-0.3, -0.25) is 0 Å². The molecule has 1 N–H and O–H groups in total. The number of nitrogens with one attached hydrogen (secondary N) is 1. The van der Waals surface area contributed by atoms with Gasteiger partial charge in [-0.25, -0.2) is 22.0 Å². The summed E-state index contributed by atoms with van der Waals surface area (Å²) in [5, 5.41) is 3.19. The number of amides is 1. The molecule has 0 aliphatic carbocycles. The Bertz CT molecular complexity index is 2910. The molecule has 14 heteroatoms. The van der Waals surface area contributed by atoms with Gasteiger partial charge in [0, 0.05) is 11.8 Å². The van der Waals surface area contributed by atoms with Crippen molar-refractivity contribution in [2.75, 3.05) is 13.7 Å². The zero-order chi connectivity index (χ0) is 49.8. The second-order valence-corrected chi connectivity index (χ2v) is 20.1. The van der Waals surface area contributed by atoms with E-state index < -0.39 is 64.2 Å². The van der Waals surface area contributed by atoms with Crippen LogP contribution in [0.25, 0.3) is 10.9 Å². The first-order valence-corrected chi connectivity index (χ1v) is 25.1. The predicted octanol–water partition coefficient (Wildman–Crippen LogP) is 9.90. The lowest BCUT2D eigenvalue weighted by molar-refractivity contribution is -0.276. The van der Waals surface area contributed by atoms with Gasteiger partial charge in [0.25, 0.3) is 10.0 Å². The van der Waals surface area contributed by atoms with Gasteiger partial charge < -0.3 is 38.5 Å². The quantitative estimate of drug-likeness (QED) is 0.0728. The van der Waals surface area contributed by atoms with Gasteiger partial charge in [0.2, 0.25) is 0 Å². The van der Waals surface area contributed by atoms with Gasteiger partial charge in [0.15, 0.2) is 0 Å². The fourth-order valence-corrected chi connectivity index (χ4v) is 10.4. The summed E-state index contributed by atoms with van der Waals surface area (Å²) < 4.78 is 78.3. The summed E-state index contributed by atoms with van der Waals surface area (Å²) in [7, 11) is -3.26. The lowest BCUT2D eigenvalue weighted by Gasteiger charge is -2.46. The second kappa shape index (κ2) is 23.5. The van der Waals surface area contributed by atoms with Crippen LogP contribution in [-0.2, 0) is 80.8 Å². The minimum absolute atomic E-state index is 0.00575. The predicted molar refractivity (Wildman–Crippen MR) is 269 cm³/mol. The van der Waals surface area contributed by atoms with Crippen LogP contribution in [0.4, 0.5) is 4.79 Å².